The first-order chi connectivity index (χ1) is 3.93. The van der Waals surface area contributed by atoms with E-state index in [9.17, 15) is 0 Å². The standard InChI is InChI=1S/C5H12N2O/c6-8-5-7-3-1-2-4-7/h1-6H2. The lowest BCUT2D eigenvalue weighted by Gasteiger charge is -2.10. The van der Waals surface area contributed by atoms with Crippen molar-refractivity contribution in [1.29, 1.82) is 0 Å². The van der Waals surface area contributed by atoms with E-state index >= 15 is 0 Å². The molecule has 0 aliphatic carbocycles. The second kappa shape index (κ2) is 3.02. The molecule has 0 bridgehead atoms. The summed E-state index contributed by atoms with van der Waals surface area (Å²) in [5, 5.41) is 0. The van der Waals surface area contributed by atoms with Gasteiger partial charge in [0.1, 0.15) is 6.73 Å². The fraction of sp³-hybridized carbons (Fsp3) is 1.00. The van der Waals surface area contributed by atoms with Crippen LogP contribution in [0, 0.1) is 0 Å². The Morgan fingerprint density at radius 2 is 2.00 bits per heavy atom. The van der Waals surface area contributed by atoms with E-state index in [1.807, 2.05) is 0 Å². The van der Waals surface area contributed by atoms with Gasteiger partial charge in [0, 0.05) is 13.1 Å². The predicted molar refractivity (Wildman–Crippen MR) is 30.9 cm³/mol. The van der Waals surface area contributed by atoms with Crippen molar-refractivity contribution in [1.82, 2.24) is 4.90 Å². The molecule has 0 aromatic rings. The van der Waals surface area contributed by atoms with Gasteiger partial charge in [0.25, 0.3) is 0 Å². The Labute approximate surface area is 49.4 Å². The van der Waals surface area contributed by atoms with E-state index in [0.717, 1.165) is 13.1 Å². The molecule has 0 amide bonds. The van der Waals surface area contributed by atoms with Gasteiger partial charge in [-0.05, 0) is 12.8 Å². The van der Waals surface area contributed by atoms with Crippen molar-refractivity contribution in [2.24, 2.45) is 5.90 Å². The Kier molecular flexibility index (Phi) is 2.27. The Hall–Kier alpha value is -0.120. The molecule has 2 N–H and O–H groups in total. The van der Waals surface area contributed by atoms with Crippen LogP contribution in [0.25, 0.3) is 0 Å². The highest BCUT2D eigenvalue weighted by Gasteiger charge is 2.09. The molecule has 1 aliphatic heterocycles. The quantitative estimate of drug-likeness (QED) is 0.513. The Morgan fingerprint density at radius 1 is 1.38 bits per heavy atom. The van der Waals surface area contributed by atoms with Gasteiger partial charge in [-0.3, -0.25) is 9.74 Å². The Bertz CT molecular complexity index is 61.4. The van der Waals surface area contributed by atoms with Gasteiger partial charge in [-0.15, -0.1) is 0 Å². The van der Waals surface area contributed by atoms with Gasteiger partial charge >= 0.3 is 0 Å². The molecule has 3 heteroatoms. The lowest BCUT2D eigenvalue weighted by molar-refractivity contribution is 0.0417. The van der Waals surface area contributed by atoms with Crippen LogP contribution in [0.4, 0.5) is 0 Å². The second-order valence-electron chi connectivity index (χ2n) is 2.12. The zero-order chi connectivity index (χ0) is 5.82. The van der Waals surface area contributed by atoms with E-state index in [2.05, 4.69) is 9.74 Å². The fourth-order valence-electron chi connectivity index (χ4n) is 1.02. The lowest BCUT2D eigenvalue weighted by Crippen LogP contribution is -2.24. The summed E-state index contributed by atoms with van der Waals surface area (Å²) in [6, 6.07) is 0. The molecule has 0 atom stereocenters. The topological polar surface area (TPSA) is 38.5 Å². The van der Waals surface area contributed by atoms with Crippen molar-refractivity contribution in [3.05, 3.63) is 0 Å². The van der Waals surface area contributed by atoms with Crippen molar-refractivity contribution >= 4 is 0 Å². The number of nitrogens with two attached hydrogens (primary N) is 1. The number of nitrogens with zero attached hydrogens (tertiary/aromatic N) is 1. The molecule has 48 valence electrons. The van der Waals surface area contributed by atoms with Crippen LogP contribution in [0.15, 0.2) is 0 Å². The van der Waals surface area contributed by atoms with Crippen LogP contribution in [0.1, 0.15) is 12.8 Å². The SMILES string of the molecule is NOCN1CCCC1. The van der Waals surface area contributed by atoms with E-state index in [1.54, 1.807) is 0 Å². The van der Waals surface area contributed by atoms with Crippen LogP contribution in [-0.2, 0) is 4.84 Å². The first kappa shape index (κ1) is 6.01. The molecular weight excluding hydrogens is 104 g/mol. The van der Waals surface area contributed by atoms with Crippen LogP contribution in [0.3, 0.4) is 0 Å². The second-order valence-corrected chi connectivity index (χ2v) is 2.12. The summed E-state index contributed by atoms with van der Waals surface area (Å²) in [5.74, 6) is 4.87. The third kappa shape index (κ3) is 1.43. The molecule has 8 heavy (non-hydrogen) atoms. The van der Waals surface area contributed by atoms with Crippen LogP contribution in [0.2, 0.25) is 0 Å². The van der Waals surface area contributed by atoms with E-state index in [1.165, 1.54) is 12.8 Å². The number of rotatable bonds is 2. The maximum absolute atomic E-state index is 4.87. The van der Waals surface area contributed by atoms with Gasteiger partial charge in [-0.25, -0.2) is 5.90 Å². The molecule has 0 unspecified atom stereocenters. The van der Waals surface area contributed by atoms with Crippen LogP contribution < -0.4 is 5.90 Å². The Morgan fingerprint density at radius 3 is 2.50 bits per heavy atom. The monoisotopic (exact) mass is 116 g/mol. The predicted octanol–water partition coefficient (Wildman–Crippen LogP) is -0.0700. The molecule has 1 rings (SSSR count). The lowest BCUT2D eigenvalue weighted by atomic mass is 10.4. The van der Waals surface area contributed by atoms with Gasteiger partial charge in [0.05, 0.1) is 0 Å². The van der Waals surface area contributed by atoms with E-state index in [4.69, 9.17) is 5.90 Å². The van der Waals surface area contributed by atoms with Crippen LogP contribution >= 0.6 is 0 Å². The third-order valence-corrected chi connectivity index (χ3v) is 1.46. The van der Waals surface area contributed by atoms with Crippen molar-refractivity contribution in [3.8, 4) is 0 Å². The summed E-state index contributed by atoms with van der Waals surface area (Å²) in [5.41, 5.74) is 0. The van der Waals surface area contributed by atoms with E-state index in [0.29, 0.717) is 6.73 Å². The molecule has 0 saturated carbocycles. The van der Waals surface area contributed by atoms with Gasteiger partial charge in [0.15, 0.2) is 0 Å². The highest BCUT2D eigenvalue weighted by molar-refractivity contribution is 4.61. The van der Waals surface area contributed by atoms with Gasteiger partial charge in [-0.1, -0.05) is 0 Å². The fourth-order valence-corrected chi connectivity index (χ4v) is 1.02. The van der Waals surface area contributed by atoms with Crippen LogP contribution in [0.5, 0.6) is 0 Å². The summed E-state index contributed by atoms with van der Waals surface area (Å²) >= 11 is 0. The molecule has 0 aromatic heterocycles. The number of hydrogen-bond donors (Lipinski definition) is 1. The van der Waals surface area contributed by atoms with Crippen molar-refractivity contribution in [2.45, 2.75) is 12.8 Å². The molecule has 1 aliphatic rings. The largest absolute Gasteiger partial charge is 0.289 e. The molecule has 1 fully saturated rings. The third-order valence-electron chi connectivity index (χ3n) is 1.46. The van der Waals surface area contributed by atoms with Crippen LogP contribution in [-0.4, -0.2) is 24.7 Å². The zero-order valence-corrected chi connectivity index (χ0v) is 4.97. The summed E-state index contributed by atoms with van der Waals surface area (Å²) in [4.78, 5) is 6.65. The zero-order valence-electron chi connectivity index (χ0n) is 4.97. The van der Waals surface area contributed by atoms with Crippen molar-refractivity contribution < 1.29 is 4.84 Å². The van der Waals surface area contributed by atoms with Gasteiger partial charge in [-0.2, -0.15) is 0 Å². The Balaban J connectivity index is 2.06. The molecule has 0 radical (unpaired) electrons. The highest BCUT2D eigenvalue weighted by Crippen LogP contribution is 2.05. The minimum atomic E-state index is 0.597. The molecular formula is C5H12N2O. The molecule has 1 saturated heterocycles. The number of hydrogen-bond acceptors (Lipinski definition) is 3. The van der Waals surface area contributed by atoms with Gasteiger partial charge < -0.3 is 0 Å². The maximum atomic E-state index is 4.87. The molecule has 0 aromatic carbocycles. The van der Waals surface area contributed by atoms with Crippen molar-refractivity contribution in [3.63, 3.8) is 0 Å². The van der Waals surface area contributed by atoms with E-state index < -0.39 is 0 Å². The average Bonchev–Trinajstić information content (AvgIpc) is 2.19. The minimum absolute atomic E-state index is 0.597. The average molecular weight is 116 g/mol. The maximum Gasteiger partial charge on any atom is 0.121 e. The summed E-state index contributed by atoms with van der Waals surface area (Å²) in [6.45, 7) is 2.90. The molecule has 1 heterocycles. The minimum Gasteiger partial charge on any atom is -0.289 e. The van der Waals surface area contributed by atoms with E-state index in [-0.39, 0.29) is 0 Å². The highest BCUT2D eigenvalue weighted by atomic mass is 16.6. The molecule has 3 nitrogen and oxygen atoms in total. The molecule has 0 spiro atoms. The summed E-state index contributed by atoms with van der Waals surface area (Å²) < 4.78 is 0. The number of likely N-dealkylation sites (tertiary alicyclic amines) is 1. The van der Waals surface area contributed by atoms with Gasteiger partial charge in [0.2, 0.25) is 0 Å². The van der Waals surface area contributed by atoms with Crippen molar-refractivity contribution in [2.75, 3.05) is 19.8 Å². The first-order valence-corrected chi connectivity index (χ1v) is 2.97. The normalized spacial score (nSPS) is 22.1. The summed E-state index contributed by atoms with van der Waals surface area (Å²) in [7, 11) is 0. The smallest absolute Gasteiger partial charge is 0.121 e. The summed E-state index contributed by atoms with van der Waals surface area (Å²) in [6.07, 6.45) is 2.59. The first-order valence-electron chi connectivity index (χ1n) is 2.97.